The standard InChI is InChI=1S/C22H27N7O4S/c1-14-5-6-15(9-16(14)17-10-24-19-18(23)25-13-26-29(17)19)34(31,32)27-22-8-4-7-21(11-22,12-22)20(30)28(2)33-3/h5-6,9-10,13,27H,4,7-8,11-12H2,1-3H3,(H2,23,25,26). The van der Waals surface area contributed by atoms with Crippen LogP contribution in [-0.4, -0.2) is 58.7 Å². The van der Waals surface area contributed by atoms with Crippen molar-refractivity contribution in [1.29, 1.82) is 0 Å². The summed E-state index contributed by atoms with van der Waals surface area (Å²) in [5, 5.41) is 5.46. The van der Waals surface area contributed by atoms with Gasteiger partial charge in [0.1, 0.15) is 6.33 Å². The van der Waals surface area contributed by atoms with E-state index < -0.39 is 21.0 Å². The van der Waals surface area contributed by atoms with E-state index in [4.69, 9.17) is 10.6 Å². The summed E-state index contributed by atoms with van der Waals surface area (Å²) in [6.45, 7) is 1.89. The number of rotatable bonds is 6. The third-order valence-corrected chi connectivity index (χ3v) is 8.73. The van der Waals surface area contributed by atoms with E-state index in [1.165, 1.54) is 18.5 Å². The van der Waals surface area contributed by atoms with Crippen LogP contribution in [0.5, 0.6) is 0 Å². The first-order valence-electron chi connectivity index (χ1n) is 11.0. The fraction of sp³-hybridized carbons (Fsp3) is 0.455. The number of aromatic nitrogens is 4. The zero-order valence-corrected chi connectivity index (χ0v) is 20.1. The Bertz CT molecular complexity index is 1400. The number of aryl methyl sites for hydroxylation is 1. The molecular formula is C22H27N7O4S. The molecule has 11 nitrogen and oxygen atoms in total. The summed E-state index contributed by atoms with van der Waals surface area (Å²) < 4.78 is 31.4. The van der Waals surface area contributed by atoms with Gasteiger partial charge in [-0.05, 0) is 50.3 Å². The van der Waals surface area contributed by atoms with Crippen molar-refractivity contribution in [3.8, 4) is 11.3 Å². The molecule has 3 aliphatic carbocycles. The van der Waals surface area contributed by atoms with E-state index in [-0.39, 0.29) is 16.6 Å². The molecule has 1 amide bonds. The largest absolute Gasteiger partial charge is 0.381 e. The number of nitrogens with two attached hydrogens (primary N) is 1. The maximum atomic E-state index is 13.4. The minimum atomic E-state index is -3.84. The van der Waals surface area contributed by atoms with Crippen molar-refractivity contribution in [1.82, 2.24) is 29.4 Å². The first-order valence-corrected chi connectivity index (χ1v) is 12.5. The van der Waals surface area contributed by atoms with E-state index in [0.29, 0.717) is 36.2 Å². The van der Waals surface area contributed by atoms with Crippen molar-refractivity contribution < 1.29 is 18.0 Å². The first-order chi connectivity index (χ1) is 16.1. The number of sulfonamides is 1. The maximum Gasteiger partial charge on any atom is 0.252 e. The highest BCUT2D eigenvalue weighted by molar-refractivity contribution is 7.89. The van der Waals surface area contributed by atoms with Crippen LogP contribution < -0.4 is 10.5 Å². The molecule has 34 heavy (non-hydrogen) atoms. The number of hydroxylamine groups is 2. The SMILES string of the molecule is CON(C)C(=O)C12CCCC(NS(=O)(=O)c3ccc(C)c(-c4cnc5c(N)ncnn45)c3)(C1)C2. The van der Waals surface area contributed by atoms with Gasteiger partial charge in [0, 0.05) is 18.2 Å². The first kappa shape index (κ1) is 22.7. The number of imidazole rings is 1. The third kappa shape index (κ3) is 3.44. The molecule has 0 saturated heterocycles. The fourth-order valence-electron chi connectivity index (χ4n) is 5.57. The van der Waals surface area contributed by atoms with Crippen LogP contribution in [0.4, 0.5) is 5.82 Å². The fourth-order valence-corrected chi connectivity index (χ4v) is 7.02. The highest BCUT2D eigenvalue weighted by atomic mass is 32.2. The van der Waals surface area contributed by atoms with Gasteiger partial charge in [-0.1, -0.05) is 12.5 Å². The number of carbonyl (C=O) groups is 1. The molecule has 2 heterocycles. The second-order valence-electron chi connectivity index (χ2n) is 9.36. The van der Waals surface area contributed by atoms with Crippen LogP contribution >= 0.6 is 0 Å². The predicted octanol–water partition coefficient (Wildman–Crippen LogP) is 1.68. The molecule has 0 atom stereocenters. The zero-order chi connectivity index (χ0) is 24.3. The summed E-state index contributed by atoms with van der Waals surface area (Å²) in [4.78, 5) is 26.3. The van der Waals surface area contributed by atoms with Crippen LogP contribution in [0.1, 0.15) is 37.7 Å². The molecule has 3 fully saturated rings. The predicted molar refractivity (Wildman–Crippen MR) is 124 cm³/mol. The average molecular weight is 486 g/mol. The minimum absolute atomic E-state index is 0.101. The monoisotopic (exact) mass is 485 g/mol. The van der Waals surface area contributed by atoms with Crippen molar-refractivity contribution in [2.24, 2.45) is 5.41 Å². The maximum absolute atomic E-state index is 13.4. The average Bonchev–Trinajstić information content (AvgIpc) is 3.22. The van der Waals surface area contributed by atoms with Crippen molar-refractivity contribution in [3.05, 3.63) is 36.3 Å². The number of hydrogen-bond donors (Lipinski definition) is 2. The topological polar surface area (TPSA) is 145 Å². The number of nitrogens with one attached hydrogen (secondary N) is 1. The number of amides is 1. The summed E-state index contributed by atoms with van der Waals surface area (Å²) in [6, 6.07) is 4.96. The normalized spacial score (nSPS) is 24.1. The van der Waals surface area contributed by atoms with Gasteiger partial charge in [0.15, 0.2) is 11.5 Å². The van der Waals surface area contributed by atoms with Crippen LogP contribution in [-0.2, 0) is 19.7 Å². The molecule has 6 rings (SSSR count). The Kier molecular flexibility index (Phi) is 5.15. The highest BCUT2D eigenvalue weighted by Crippen LogP contribution is 2.59. The van der Waals surface area contributed by atoms with E-state index >= 15 is 0 Å². The van der Waals surface area contributed by atoms with Gasteiger partial charge >= 0.3 is 0 Å². The van der Waals surface area contributed by atoms with Gasteiger partial charge in [0.25, 0.3) is 5.91 Å². The Balaban J connectivity index is 1.45. The van der Waals surface area contributed by atoms with Crippen molar-refractivity contribution >= 4 is 27.4 Å². The van der Waals surface area contributed by atoms with Gasteiger partial charge in [-0.3, -0.25) is 9.63 Å². The zero-order valence-electron chi connectivity index (χ0n) is 19.3. The van der Waals surface area contributed by atoms with Gasteiger partial charge in [-0.2, -0.15) is 5.10 Å². The van der Waals surface area contributed by atoms with Gasteiger partial charge in [0.2, 0.25) is 10.0 Å². The van der Waals surface area contributed by atoms with E-state index in [1.807, 2.05) is 6.92 Å². The molecule has 3 N–H and O–H groups in total. The summed E-state index contributed by atoms with van der Waals surface area (Å²) in [6.07, 6.45) is 6.07. The molecule has 0 aliphatic heterocycles. The molecule has 0 unspecified atom stereocenters. The summed E-state index contributed by atoms with van der Waals surface area (Å²) >= 11 is 0. The number of carbonyl (C=O) groups excluding carboxylic acids is 1. The second kappa shape index (κ2) is 7.72. The number of nitrogens with zero attached hydrogens (tertiary/aromatic N) is 5. The van der Waals surface area contributed by atoms with Crippen LogP contribution in [0.25, 0.3) is 16.9 Å². The number of hydrogen-bond acceptors (Lipinski definition) is 8. The molecule has 3 aromatic rings. The van der Waals surface area contributed by atoms with Gasteiger partial charge in [0.05, 0.1) is 29.3 Å². The van der Waals surface area contributed by atoms with Crippen molar-refractivity contribution in [3.63, 3.8) is 0 Å². The molecule has 12 heteroatoms. The number of benzene rings is 1. The lowest BCUT2D eigenvalue weighted by Crippen LogP contribution is -2.68. The molecule has 180 valence electrons. The van der Waals surface area contributed by atoms with Gasteiger partial charge in [-0.25, -0.2) is 32.7 Å². The lowest BCUT2D eigenvalue weighted by atomic mass is 9.50. The number of fused-ring (bicyclic) bond motifs is 3. The van der Waals surface area contributed by atoms with Crippen LogP contribution in [0.15, 0.2) is 35.6 Å². The minimum Gasteiger partial charge on any atom is -0.381 e. The van der Waals surface area contributed by atoms with Crippen LogP contribution in [0.2, 0.25) is 0 Å². The molecular weight excluding hydrogens is 458 g/mol. The molecule has 2 aromatic heterocycles. The van der Waals surface area contributed by atoms with Gasteiger partial charge in [-0.15, -0.1) is 0 Å². The quantitative estimate of drug-likeness (QED) is 0.502. The van der Waals surface area contributed by atoms with Gasteiger partial charge < -0.3 is 5.73 Å². The molecule has 0 radical (unpaired) electrons. The van der Waals surface area contributed by atoms with Crippen molar-refractivity contribution in [2.45, 2.75) is 49.5 Å². The Labute approximate surface area is 197 Å². The molecule has 2 bridgehead atoms. The van der Waals surface area contributed by atoms with E-state index in [1.54, 1.807) is 36.0 Å². The van der Waals surface area contributed by atoms with Crippen LogP contribution in [0.3, 0.4) is 0 Å². The molecule has 0 spiro atoms. The van der Waals surface area contributed by atoms with E-state index in [9.17, 15) is 13.2 Å². The van der Waals surface area contributed by atoms with Crippen LogP contribution in [0, 0.1) is 12.3 Å². The van der Waals surface area contributed by atoms with Crippen molar-refractivity contribution in [2.75, 3.05) is 19.9 Å². The summed E-state index contributed by atoms with van der Waals surface area (Å²) in [5.41, 5.74) is 7.26. The Morgan fingerprint density at radius 2 is 2.03 bits per heavy atom. The Morgan fingerprint density at radius 1 is 1.26 bits per heavy atom. The Hall–Kier alpha value is -3.09. The van der Waals surface area contributed by atoms with E-state index in [2.05, 4.69) is 19.8 Å². The summed E-state index contributed by atoms with van der Waals surface area (Å²) in [5.74, 6) is 0.138. The molecule has 3 aliphatic rings. The smallest absolute Gasteiger partial charge is 0.252 e. The number of anilines is 1. The second-order valence-corrected chi connectivity index (χ2v) is 11.0. The number of nitrogen functional groups attached to an aromatic ring is 1. The lowest BCUT2D eigenvalue weighted by molar-refractivity contribution is -0.195. The lowest BCUT2D eigenvalue weighted by Gasteiger charge is -2.59. The molecule has 1 aromatic carbocycles. The Morgan fingerprint density at radius 3 is 2.76 bits per heavy atom. The molecule has 3 saturated carbocycles. The highest BCUT2D eigenvalue weighted by Gasteiger charge is 2.63. The summed E-state index contributed by atoms with van der Waals surface area (Å²) in [7, 11) is -0.809. The van der Waals surface area contributed by atoms with E-state index in [0.717, 1.165) is 18.4 Å². The third-order valence-electron chi connectivity index (χ3n) is 7.15.